The maximum absolute atomic E-state index is 13.0. The summed E-state index contributed by atoms with van der Waals surface area (Å²) >= 11 is 1.44. The van der Waals surface area contributed by atoms with Crippen molar-refractivity contribution in [2.75, 3.05) is 0 Å². The number of pyridine rings is 1. The minimum atomic E-state index is -0.692. The summed E-state index contributed by atoms with van der Waals surface area (Å²) in [6, 6.07) is 13.6. The molecule has 0 saturated carbocycles. The van der Waals surface area contributed by atoms with E-state index in [0.29, 0.717) is 11.3 Å². The first kappa shape index (κ1) is 20.8. The van der Waals surface area contributed by atoms with Crippen molar-refractivity contribution >= 4 is 28.8 Å². The number of carbonyl (C=O) groups is 2. The van der Waals surface area contributed by atoms with Gasteiger partial charge in [-0.3, -0.25) is 14.6 Å². The maximum Gasteiger partial charge on any atom is 0.295 e. The Hall–Kier alpha value is -3.45. The Labute approximate surface area is 184 Å². The van der Waals surface area contributed by atoms with Crippen molar-refractivity contribution in [3.63, 3.8) is 0 Å². The Morgan fingerprint density at radius 3 is 2.55 bits per heavy atom. The van der Waals surface area contributed by atoms with Gasteiger partial charge in [0.2, 0.25) is 0 Å². The van der Waals surface area contributed by atoms with E-state index in [0.717, 1.165) is 10.4 Å². The number of hydrogen-bond acceptors (Lipinski definition) is 6. The lowest BCUT2D eigenvalue weighted by molar-refractivity contribution is -0.140. The zero-order valence-electron chi connectivity index (χ0n) is 17.2. The lowest BCUT2D eigenvalue weighted by Gasteiger charge is -2.24. The molecule has 0 unspecified atom stereocenters. The Bertz CT molecular complexity index is 1110. The minimum Gasteiger partial charge on any atom is -0.507 e. The van der Waals surface area contributed by atoms with Crippen molar-refractivity contribution in [2.24, 2.45) is 0 Å². The lowest BCUT2D eigenvalue weighted by atomic mass is 9.99. The molecule has 3 aromatic rings. The first-order valence-corrected chi connectivity index (χ1v) is 10.8. The fraction of sp³-hybridized carbons (Fsp3) is 0.208. The van der Waals surface area contributed by atoms with Crippen molar-refractivity contribution in [3.8, 4) is 5.75 Å². The van der Waals surface area contributed by atoms with Gasteiger partial charge in [0.05, 0.1) is 17.7 Å². The molecular weight excluding hydrogens is 412 g/mol. The summed E-state index contributed by atoms with van der Waals surface area (Å²) in [5, 5.41) is 13.0. The summed E-state index contributed by atoms with van der Waals surface area (Å²) in [6.07, 6.45) is 3.34. The highest BCUT2D eigenvalue weighted by atomic mass is 32.1. The number of ether oxygens (including phenoxy) is 1. The number of aliphatic hydroxyl groups is 1. The smallest absolute Gasteiger partial charge is 0.295 e. The Morgan fingerprint density at radius 2 is 1.94 bits per heavy atom. The van der Waals surface area contributed by atoms with E-state index < -0.39 is 17.7 Å². The Balaban J connectivity index is 1.76. The Morgan fingerprint density at radius 1 is 1.16 bits per heavy atom. The van der Waals surface area contributed by atoms with Gasteiger partial charge in [-0.1, -0.05) is 12.1 Å². The fourth-order valence-corrected chi connectivity index (χ4v) is 4.44. The van der Waals surface area contributed by atoms with Crippen LogP contribution in [0.25, 0.3) is 5.76 Å². The zero-order valence-corrected chi connectivity index (χ0v) is 18.0. The number of benzene rings is 1. The van der Waals surface area contributed by atoms with Gasteiger partial charge >= 0.3 is 0 Å². The molecule has 2 aromatic heterocycles. The molecule has 1 aliphatic rings. The van der Waals surface area contributed by atoms with Crippen LogP contribution in [0.15, 0.2) is 71.9 Å². The average Bonchev–Trinajstić information content (AvgIpc) is 3.37. The van der Waals surface area contributed by atoms with Gasteiger partial charge < -0.3 is 14.7 Å². The molecule has 1 amide bonds. The zero-order chi connectivity index (χ0) is 22.0. The molecule has 3 heterocycles. The average molecular weight is 435 g/mol. The minimum absolute atomic E-state index is 0.0241. The molecule has 6 nitrogen and oxygen atoms in total. The van der Waals surface area contributed by atoms with E-state index in [1.807, 2.05) is 37.4 Å². The van der Waals surface area contributed by atoms with Crippen LogP contribution in [-0.4, -0.2) is 32.8 Å². The highest BCUT2D eigenvalue weighted by molar-refractivity contribution is 7.10. The maximum atomic E-state index is 13.0. The topological polar surface area (TPSA) is 79.7 Å². The van der Waals surface area contributed by atoms with Crippen LogP contribution in [-0.2, 0) is 16.1 Å². The molecule has 1 aromatic carbocycles. The molecule has 1 atom stereocenters. The standard InChI is InChI=1S/C24H22N2O4S/c1-15(2)30-18-9-7-17(8-10-18)22(27)20-21(19-6-4-12-31-19)26(24(29)23(20)28)14-16-5-3-11-25-13-16/h3-13,15,21,27H,14H2,1-2H3/b22-20+/t21-/m1/s1. The van der Waals surface area contributed by atoms with Crippen molar-refractivity contribution in [1.29, 1.82) is 0 Å². The monoisotopic (exact) mass is 434 g/mol. The predicted octanol–water partition coefficient (Wildman–Crippen LogP) is 4.55. The van der Waals surface area contributed by atoms with Crippen LogP contribution in [0.2, 0.25) is 0 Å². The molecule has 1 saturated heterocycles. The number of rotatable bonds is 6. The summed E-state index contributed by atoms with van der Waals surface area (Å²) in [5.41, 5.74) is 1.35. The fourth-order valence-electron chi connectivity index (χ4n) is 3.59. The molecule has 7 heteroatoms. The highest BCUT2D eigenvalue weighted by Crippen LogP contribution is 2.41. The SMILES string of the molecule is CC(C)Oc1ccc(/C(O)=C2\C(=O)C(=O)N(Cc3cccnc3)[C@@H]2c2cccs2)cc1. The van der Waals surface area contributed by atoms with Gasteiger partial charge in [0.25, 0.3) is 11.7 Å². The van der Waals surface area contributed by atoms with E-state index in [1.165, 1.54) is 16.2 Å². The van der Waals surface area contributed by atoms with E-state index in [4.69, 9.17) is 4.74 Å². The van der Waals surface area contributed by atoms with E-state index >= 15 is 0 Å². The molecule has 1 fully saturated rings. The first-order valence-electron chi connectivity index (χ1n) is 9.93. The van der Waals surface area contributed by atoms with Crippen LogP contribution >= 0.6 is 11.3 Å². The van der Waals surface area contributed by atoms with E-state index in [9.17, 15) is 14.7 Å². The molecule has 0 radical (unpaired) electrons. The van der Waals surface area contributed by atoms with Crippen LogP contribution in [0.4, 0.5) is 0 Å². The number of amides is 1. The van der Waals surface area contributed by atoms with E-state index in [1.54, 1.807) is 42.7 Å². The van der Waals surface area contributed by atoms with Gasteiger partial charge in [-0.25, -0.2) is 0 Å². The summed E-state index contributed by atoms with van der Waals surface area (Å²) in [6.45, 7) is 4.08. The summed E-state index contributed by atoms with van der Waals surface area (Å²) in [4.78, 5) is 32.3. The molecule has 158 valence electrons. The first-order chi connectivity index (χ1) is 15.0. The number of carbonyl (C=O) groups excluding carboxylic acids is 2. The number of thiophene rings is 1. The molecule has 0 bridgehead atoms. The van der Waals surface area contributed by atoms with Gasteiger partial charge in [-0.2, -0.15) is 0 Å². The third kappa shape index (κ3) is 4.22. The number of aliphatic hydroxyl groups excluding tert-OH is 1. The summed E-state index contributed by atoms with van der Waals surface area (Å²) < 4.78 is 5.64. The van der Waals surface area contributed by atoms with Crippen molar-refractivity contribution < 1.29 is 19.4 Å². The van der Waals surface area contributed by atoms with Crippen LogP contribution in [0.5, 0.6) is 5.75 Å². The second-order valence-corrected chi connectivity index (χ2v) is 8.47. The normalized spacial score (nSPS) is 18.0. The molecular formula is C24H22N2O4S. The lowest BCUT2D eigenvalue weighted by Crippen LogP contribution is -2.28. The number of Topliss-reactive ketones (excluding diaryl/α,β-unsaturated/α-hetero) is 1. The van der Waals surface area contributed by atoms with Gasteiger partial charge in [0.15, 0.2) is 0 Å². The molecule has 0 aliphatic carbocycles. The van der Waals surface area contributed by atoms with Crippen LogP contribution in [0, 0.1) is 0 Å². The third-order valence-corrected chi connectivity index (χ3v) is 5.85. The van der Waals surface area contributed by atoms with Crippen LogP contribution < -0.4 is 4.74 Å². The highest BCUT2D eigenvalue weighted by Gasteiger charge is 2.46. The molecule has 31 heavy (non-hydrogen) atoms. The molecule has 4 rings (SSSR count). The number of likely N-dealkylation sites (tertiary alicyclic amines) is 1. The Kier molecular flexibility index (Phi) is 5.86. The largest absolute Gasteiger partial charge is 0.507 e. The van der Waals surface area contributed by atoms with Crippen LogP contribution in [0.1, 0.15) is 35.9 Å². The van der Waals surface area contributed by atoms with Gasteiger partial charge in [0, 0.05) is 29.4 Å². The molecule has 1 N–H and O–H groups in total. The van der Waals surface area contributed by atoms with Crippen LogP contribution in [0.3, 0.4) is 0 Å². The van der Waals surface area contributed by atoms with E-state index in [2.05, 4.69) is 4.98 Å². The van der Waals surface area contributed by atoms with Crippen molar-refractivity contribution in [1.82, 2.24) is 9.88 Å². The number of hydrogen-bond donors (Lipinski definition) is 1. The van der Waals surface area contributed by atoms with Crippen molar-refractivity contribution in [2.45, 2.75) is 32.5 Å². The van der Waals surface area contributed by atoms with Gasteiger partial charge in [0.1, 0.15) is 11.5 Å². The third-order valence-electron chi connectivity index (χ3n) is 4.93. The summed E-state index contributed by atoms with van der Waals surface area (Å²) in [7, 11) is 0. The molecule has 1 aliphatic heterocycles. The number of nitrogens with zero attached hydrogens (tertiary/aromatic N) is 2. The van der Waals surface area contributed by atoms with Crippen molar-refractivity contribution in [3.05, 3.63) is 87.9 Å². The predicted molar refractivity (Wildman–Crippen MR) is 119 cm³/mol. The quantitative estimate of drug-likeness (QED) is 0.350. The number of aromatic nitrogens is 1. The van der Waals surface area contributed by atoms with Gasteiger partial charge in [-0.15, -0.1) is 11.3 Å². The van der Waals surface area contributed by atoms with Gasteiger partial charge in [-0.05, 0) is 61.2 Å². The summed E-state index contributed by atoms with van der Waals surface area (Å²) in [5.74, 6) is -0.856. The molecule has 0 spiro atoms. The second kappa shape index (κ2) is 8.73. The second-order valence-electron chi connectivity index (χ2n) is 7.49. The van der Waals surface area contributed by atoms with E-state index in [-0.39, 0.29) is 24.0 Å². The number of ketones is 1.